The minimum atomic E-state index is -0.312. The minimum Gasteiger partial charge on any atom is -0.466 e. The summed E-state index contributed by atoms with van der Waals surface area (Å²) in [5.74, 6) is -0.751. The van der Waals surface area contributed by atoms with Crippen LogP contribution in [0.2, 0.25) is 0 Å². The van der Waals surface area contributed by atoms with Crippen molar-refractivity contribution in [3.63, 3.8) is 0 Å². The van der Waals surface area contributed by atoms with Crippen molar-refractivity contribution in [1.29, 1.82) is 0 Å². The number of hydrogen-bond acceptors (Lipinski definition) is 5. The Kier molecular flexibility index (Phi) is 4.73. The van der Waals surface area contributed by atoms with Crippen LogP contribution in [0.5, 0.6) is 0 Å². The van der Waals surface area contributed by atoms with Gasteiger partial charge in [0.25, 0.3) is 0 Å². The number of carbonyl (C=O) groups is 2. The van der Waals surface area contributed by atoms with Gasteiger partial charge in [0, 0.05) is 12.8 Å². The molecule has 22 heavy (non-hydrogen) atoms. The van der Waals surface area contributed by atoms with Gasteiger partial charge in [0.05, 0.1) is 31.3 Å². The van der Waals surface area contributed by atoms with Crippen molar-refractivity contribution in [2.75, 3.05) is 13.2 Å². The molecule has 0 saturated carbocycles. The summed E-state index contributed by atoms with van der Waals surface area (Å²) in [6.07, 6.45) is 2.22. The monoisotopic (exact) mass is 304 g/mol. The SMILES string of the molecule is O=C1CCC2OC2CC(c2ccccc2)C(=O)OCCCO1. The zero-order chi connectivity index (χ0) is 15.4. The summed E-state index contributed by atoms with van der Waals surface area (Å²) in [7, 11) is 0. The first-order valence-corrected chi connectivity index (χ1v) is 7.76. The maximum absolute atomic E-state index is 12.4. The van der Waals surface area contributed by atoms with Crippen molar-refractivity contribution in [3.8, 4) is 0 Å². The Balaban J connectivity index is 1.71. The zero-order valence-electron chi connectivity index (χ0n) is 12.4. The van der Waals surface area contributed by atoms with E-state index in [0.717, 1.165) is 5.56 Å². The average Bonchev–Trinajstić information content (AvgIpc) is 3.28. The number of fused-ring (bicyclic) bond motifs is 1. The van der Waals surface area contributed by atoms with E-state index in [-0.39, 0.29) is 43.3 Å². The van der Waals surface area contributed by atoms with E-state index in [1.165, 1.54) is 0 Å². The third kappa shape index (κ3) is 3.85. The number of epoxide rings is 1. The van der Waals surface area contributed by atoms with E-state index in [1.807, 2.05) is 30.3 Å². The van der Waals surface area contributed by atoms with Crippen LogP contribution in [0.15, 0.2) is 30.3 Å². The van der Waals surface area contributed by atoms with Gasteiger partial charge >= 0.3 is 11.9 Å². The molecule has 2 saturated heterocycles. The molecule has 2 fully saturated rings. The third-order valence-electron chi connectivity index (χ3n) is 4.07. The number of carbonyl (C=O) groups excluding carboxylic acids is 2. The second-order valence-corrected chi connectivity index (χ2v) is 5.69. The minimum absolute atomic E-state index is 0.0197. The van der Waals surface area contributed by atoms with Crippen molar-refractivity contribution >= 4 is 11.9 Å². The number of ether oxygens (including phenoxy) is 3. The highest BCUT2D eigenvalue weighted by Gasteiger charge is 2.42. The summed E-state index contributed by atoms with van der Waals surface area (Å²) in [4.78, 5) is 23.9. The third-order valence-corrected chi connectivity index (χ3v) is 4.07. The van der Waals surface area contributed by atoms with Crippen molar-refractivity contribution in [2.24, 2.45) is 0 Å². The molecule has 0 bridgehead atoms. The lowest BCUT2D eigenvalue weighted by Crippen LogP contribution is -2.19. The predicted octanol–water partition coefficient (Wildman–Crippen LogP) is 2.20. The molecule has 0 aromatic heterocycles. The molecule has 0 radical (unpaired) electrons. The molecule has 0 aliphatic carbocycles. The van der Waals surface area contributed by atoms with Crippen LogP contribution in [0.4, 0.5) is 0 Å². The smallest absolute Gasteiger partial charge is 0.313 e. The molecular weight excluding hydrogens is 284 g/mol. The van der Waals surface area contributed by atoms with Gasteiger partial charge in [-0.25, -0.2) is 0 Å². The lowest BCUT2D eigenvalue weighted by Gasteiger charge is -2.15. The van der Waals surface area contributed by atoms with E-state index >= 15 is 0 Å². The summed E-state index contributed by atoms with van der Waals surface area (Å²) >= 11 is 0. The van der Waals surface area contributed by atoms with E-state index in [0.29, 0.717) is 25.7 Å². The van der Waals surface area contributed by atoms with Crippen molar-refractivity contribution in [3.05, 3.63) is 35.9 Å². The Bertz CT molecular complexity index is 527. The quantitative estimate of drug-likeness (QED) is 0.588. The first-order valence-electron chi connectivity index (χ1n) is 7.76. The Morgan fingerprint density at radius 3 is 2.55 bits per heavy atom. The Morgan fingerprint density at radius 1 is 0.955 bits per heavy atom. The summed E-state index contributed by atoms with van der Waals surface area (Å²) in [5, 5.41) is 0. The van der Waals surface area contributed by atoms with E-state index in [2.05, 4.69) is 0 Å². The van der Waals surface area contributed by atoms with Crippen LogP contribution in [0, 0.1) is 0 Å². The van der Waals surface area contributed by atoms with Gasteiger partial charge in [-0.2, -0.15) is 0 Å². The molecule has 5 nitrogen and oxygen atoms in total. The van der Waals surface area contributed by atoms with Gasteiger partial charge in [0.1, 0.15) is 0 Å². The second-order valence-electron chi connectivity index (χ2n) is 5.69. The molecule has 1 aromatic rings. The van der Waals surface area contributed by atoms with Crippen molar-refractivity contribution in [1.82, 2.24) is 0 Å². The van der Waals surface area contributed by atoms with Crippen LogP contribution in [0.3, 0.4) is 0 Å². The fourth-order valence-electron chi connectivity index (χ4n) is 2.78. The topological polar surface area (TPSA) is 65.1 Å². The molecule has 3 unspecified atom stereocenters. The van der Waals surface area contributed by atoms with E-state index in [9.17, 15) is 9.59 Å². The Hall–Kier alpha value is -1.88. The molecule has 0 N–H and O–H groups in total. The van der Waals surface area contributed by atoms with Gasteiger partial charge in [-0.15, -0.1) is 0 Å². The largest absolute Gasteiger partial charge is 0.466 e. The molecule has 0 spiro atoms. The average molecular weight is 304 g/mol. The van der Waals surface area contributed by atoms with E-state index in [4.69, 9.17) is 14.2 Å². The summed E-state index contributed by atoms with van der Waals surface area (Å²) in [6.45, 7) is 0.557. The number of benzene rings is 1. The maximum Gasteiger partial charge on any atom is 0.313 e. The molecule has 0 amide bonds. The van der Waals surface area contributed by atoms with Crippen molar-refractivity contribution < 1.29 is 23.8 Å². The summed E-state index contributed by atoms with van der Waals surface area (Å²) in [6, 6.07) is 9.64. The highest BCUT2D eigenvalue weighted by Crippen LogP contribution is 2.36. The van der Waals surface area contributed by atoms with Crippen LogP contribution in [0.1, 0.15) is 37.2 Å². The first kappa shape index (κ1) is 15.0. The Morgan fingerprint density at radius 2 is 1.73 bits per heavy atom. The molecule has 3 atom stereocenters. The molecule has 2 heterocycles. The number of esters is 2. The van der Waals surface area contributed by atoms with Crippen molar-refractivity contribution in [2.45, 2.75) is 43.8 Å². The van der Waals surface area contributed by atoms with Crippen LogP contribution in [-0.4, -0.2) is 37.4 Å². The highest BCUT2D eigenvalue weighted by molar-refractivity contribution is 5.78. The summed E-state index contributed by atoms with van der Waals surface area (Å²) in [5.41, 5.74) is 0.948. The Labute approximate surface area is 129 Å². The summed E-state index contributed by atoms with van der Waals surface area (Å²) < 4.78 is 16.0. The fourth-order valence-corrected chi connectivity index (χ4v) is 2.78. The van der Waals surface area contributed by atoms with Gasteiger partial charge < -0.3 is 14.2 Å². The van der Waals surface area contributed by atoms with E-state index < -0.39 is 0 Å². The van der Waals surface area contributed by atoms with Gasteiger partial charge in [-0.3, -0.25) is 9.59 Å². The first-order chi connectivity index (χ1) is 10.7. The normalized spacial score (nSPS) is 29.9. The fraction of sp³-hybridized carbons (Fsp3) is 0.529. The lowest BCUT2D eigenvalue weighted by molar-refractivity contribution is -0.147. The zero-order valence-corrected chi connectivity index (χ0v) is 12.4. The van der Waals surface area contributed by atoms with E-state index in [1.54, 1.807) is 0 Å². The van der Waals surface area contributed by atoms with Crippen LogP contribution < -0.4 is 0 Å². The molecule has 118 valence electrons. The van der Waals surface area contributed by atoms with Crippen LogP contribution >= 0.6 is 0 Å². The number of rotatable bonds is 1. The second kappa shape index (κ2) is 6.92. The van der Waals surface area contributed by atoms with Crippen LogP contribution in [-0.2, 0) is 23.8 Å². The molecule has 1 aromatic carbocycles. The van der Waals surface area contributed by atoms with Crippen LogP contribution in [0.25, 0.3) is 0 Å². The predicted molar refractivity (Wildman–Crippen MR) is 78.2 cm³/mol. The number of cyclic esters (lactones) is 2. The van der Waals surface area contributed by atoms with Gasteiger partial charge in [0.15, 0.2) is 0 Å². The lowest BCUT2D eigenvalue weighted by atomic mass is 9.93. The van der Waals surface area contributed by atoms with Gasteiger partial charge in [-0.05, 0) is 18.4 Å². The molecule has 2 aliphatic rings. The standard InChI is InChI=1S/C17H20O5/c18-16-8-7-14-15(22-14)11-13(12-5-2-1-3-6-12)17(19)21-10-4-9-20-16/h1-3,5-6,13-15H,4,7-11H2. The van der Waals surface area contributed by atoms with Gasteiger partial charge in [-0.1, -0.05) is 30.3 Å². The molecule has 5 heteroatoms. The molecule has 3 rings (SSSR count). The van der Waals surface area contributed by atoms with Gasteiger partial charge in [0.2, 0.25) is 0 Å². The molecule has 2 aliphatic heterocycles. The number of hydrogen-bond donors (Lipinski definition) is 0. The molecular formula is C17H20O5. The highest BCUT2D eigenvalue weighted by atomic mass is 16.6. The maximum atomic E-state index is 12.4.